The van der Waals surface area contributed by atoms with Crippen LogP contribution in [0.4, 0.5) is 0 Å². The maximum atomic E-state index is 11.7. The second-order valence-corrected chi connectivity index (χ2v) is 7.02. The van der Waals surface area contributed by atoms with E-state index in [0.717, 1.165) is 10.9 Å². The molecule has 0 saturated heterocycles. The van der Waals surface area contributed by atoms with E-state index in [1.807, 2.05) is 50.2 Å². The average Bonchev–Trinajstić information content (AvgIpc) is 2.61. The average molecular weight is 352 g/mol. The molecule has 0 saturated carbocycles. The van der Waals surface area contributed by atoms with Crippen LogP contribution < -0.4 is 10.4 Å². The van der Waals surface area contributed by atoms with E-state index in [2.05, 4.69) is 0 Å². The van der Waals surface area contributed by atoms with Gasteiger partial charge in [-0.15, -0.1) is 0 Å². The molecule has 1 aliphatic heterocycles. The van der Waals surface area contributed by atoms with Gasteiger partial charge in [-0.05, 0) is 37.6 Å². The quantitative estimate of drug-likeness (QED) is 0.730. The van der Waals surface area contributed by atoms with Gasteiger partial charge in [0, 0.05) is 11.5 Å². The van der Waals surface area contributed by atoms with Crippen molar-refractivity contribution in [1.29, 1.82) is 0 Å². The number of aliphatic hydroxyl groups excluding tert-OH is 1. The Morgan fingerprint density at radius 2 is 1.81 bits per heavy atom. The Balaban J connectivity index is 1.74. The SMILES string of the molecule is CC1(C)Oc2ccc3ccc(=O)oc3c2[C@H](O)[C@H]1OCc1ccccc1. The summed E-state index contributed by atoms with van der Waals surface area (Å²) in [5.74, 6) is 0.504. The standard InChI is InChI=1S/C21H20O5/c1-21(2)20(24-12-13-6-4-3-5-7-13)18(23)17-15(26-21)10-8-14-9-11-16(22)25-19(14)17/h3-11,18,20,23H,12H2,1-2H3/t18-,20+/m0/s1. The molecule has 0 unspecified atom stereocenters. The molecule has 5 nitrogen and oxygen atoms in total. The zero-order chi connectivity index (χ0) is 18.3. The highest BCUT2D eigenvalue weighted by Crippen LogP contribution is 2.44. The van der Waals surface area contributed by atoms with Crippen molar-refractivity contribution in [3.63, 3.8) is 0 Å². The van der Waals surface area contributed by atoms with E-state index >= 15 is 0 Å². The van der Waals surface area contributed by atoms with Crippen LogP contribution in [0.25, 0.3) is 11.0 Å². The summed E-state index contributed by atoms with van der Waals surface area (Å²) in [5, 5.41) is 11.8. The molecule has 0 spiro atoms. The van der Waals surface area contributed by atoms with Crippen LogP contribution in [0.5, 0.6) is 5.75 Å². The summed E-state index contributed by atoms with van der Waals surface area (Å²) in [6.07, 6.45) is -1.60. The minimum Gasteiger partial charge on any atom is -0.484 e. The highest BCUT2D eigenvalue weighted by Gasteiger charge is 2.45. The summed E-state index contributed by atoms with van der Waals surface area (Å²) in [6.45, 7) is 4.10. The summed E-state index contributed by atoms with van der Waals surface area (Å²) in [6, 6.07) is 16.4. The summed E-state index contributed by atoms with van der Waals surface area (Å²) < 4.78 is 17.5. The number of fused-ring (bicyclic) bond motifs is 3. The first-order valence-corrected chi connectivity index (χ1v) is 8.55. The van der Waals surface area contributed by atoms with E-state index in [1.165, 1.54) is 6.07 Å². The Bertz CT molecular complexity index is 990. The number of hydrogen-bond acceptors (Lipinski definition) is 5. The van der Waals surface area contributed by atoms with Crippen molar-refractivity contribution >= 4 is 11.0 Å². The van der Waals surface area contributed by atoms with Crippen molar-refractivity contribution in [2.24, 2.45) is 0 Å². The molecule has 0 aliphatic carbocycles. The van der Waals surface area contributed by atoms with Gasteiger partial charge in [0.05, 0.1) is 12.2 Å². The van der Waals surface area contributed by atoms with Gasteiger partial charge in [-0.3, -0.25) is 0 Å². The summed E-state index contributed by atoms with van der Waals surface area (Å²) in [7, 11) is 0. The van der Waals surface area contributed by atoms with Gasteiger partial charge in [0.25, 0.3) is 0 Å². The highest BCUT2D eigenvalue weighted by atomic mass is 16.6. The van der Waals surface area contributed by atoms with Gasteiger partial charge in [-0.25, -0.2) is 4.79 Å². The van der Waals surface area contributed by atoms with Gasteiger partial charge in [-0.2, -0.15) is 0 Å². The molecule has 2 aromatic carbocycles. The molecule has 1 aliphatic rings. The predicted octanol–water partition coefficient (Wildman–Crippen LogP) is 3.58. The van der Waals surface area contributed by atoms with Crippen molar-refractivity contribution in [3.8, 4) is 5.75 Å². The van der Waals surface area contributed by atoms with E-state index in [-0.39, 0.29) is 0 Å². The number of rotatable bonds is 3. The minimum absolute atomic E-state index is 0.339. The lowest BCUT2D eigenvalue weighted by Gasteiger charge is -2.42. The van der Waals surface area contributed by atoms with Crippen LogP contribution in [0, 0.1) is 0 Å². The first-order chi connectivity index (χ1) is 12.5. The molecule has 0 amide bonds. The molecule has 0 radical (unpaired) electrons. The molecule has 134 valence electrons. The third-order valence-electron chi connectivity index (χ3n) is 4.70. The third kappa shape index (κ3) is 2.89. The van der Waals surface area contributed by atoms with Crippen LogP contribution in [0.2, 0.25) is 0 Å². The minimum atomic E-state index is -0.980. The maximum Gasteiger partial charge on any atom is 0.336 e. The molecule has 0 bridgehead atoms. The fourth-order valence-electron chi connectivity index (χ4n) is 3.43. The van der Waals surface area contributed by atoms with Crippen LogP contribution >= 0.6 is 0 Å². The van der Waals surface area contributed by atoms with Crippen molar-refractivity contribution in [3.05, 3.63) is 76.1 Å². The van der Waals surface area contributed by atoms with E-state index in [4.69, 9.17) is 13.9 Å². The molecule has 3 aromatic rings. The molecule has 4 rings (SSSR count). The number of benzene rings is 2. The van der Waals surface area contributed by atoms with Crippen molar-refractivity contribution in [2.45, 2.75) is 38.3 Å². The fourth-order valence-corrected chi connectivity index (χ4v) is 3.43. The van der Waals surface area contributed by atoms with Gasteiger partial charge in [0.15, 0.2) is 0 Å². The monoisotopic (exact) mass is 352 g/mol. The molecule has 1 N–H and O–H groups in total. The second kappa shape index (κ2) is 6.27. The van der Waals surface area contributed by atoms with Crippen LogP contribution in [-0.4, -0.2) is 16.8 Å². The van der Waals surface area contributed by atoms with E-state index in [0.29, 0.717) is 23.5 Å². The molecule has 0 fully saturated rings. The summed E-state index contributed by atoms with van der Waals surface area (Å²) >= 11 is 0. The molecular formula is C21H20O5. The van der Waals surface area contributed by atoms with E-state index < -0.39 is 23.4 Å². The van der Waals surface area contributed by atoms with Gasteiger partial charge < -0.3 is 19.0 Å². The topological polar surface area (TPSA) is 68.9 Å². The smallest absolute Gasteiger partial charge is 0.336 e. The van der Waals surface area contributed by atoms with Gasteiger partial charge >= 0.3 is 5.63 Å². The van der Waals surface area contributed by atoms with Crippen LogP contribution in [0.3, 0.4) is 0 Å². The van der Waals surface area contributed by atoms with E-state index in [9.17, 15) is 9.90 Å². The first-order valence-electron chi connectivity index (χ1n) is 8.55. The Labute approximate surface area is 150 Å². The van der Waals surface area contributed by atoms with Crippen molar-refractivity contribution in [2.75, 3.05) is 0 Å². The normalized spacial score (nSPS) is 21.2. The van der Waals surface area contributed by atoms with Crippen molar-refractivity contribution in [1.82, 2.24) is 0 Å². The zero-order valence-corrected chi connectivity index (χ0v) is 14.6. The Morgan fingerprint density at radius 3 is 2.58 bits per heavy atom. The fraction of sp³-hybridized carbons (Fsp3) is 0.286. The van der Waals surface area contributed by atoms with Gasteiger partial charge in [0.1, 0.15) is 29.1 Å². The maximum absolute atomic E-state index is 11.7. The second-order valence-electron chi connectivity index (χ2n) is 7.02. The number of hydrogen-bond donors (Lipinski definition) is 1. The Kier molecular flexibility index (Phi) is 4.05. The summed E-state index contributed by atoms with van der Waals surface area (Å²) in [4.78, 5) is 11.7. The lowest BCUT2D eigenvalue weighted by Crippen LogP contribution is -2.50. The van der Waals surface area contributed by atoms with Crippen LogP contribution in [0.15, 0.2) is 63.8 Å². The van der Waals surface area contributed by atoms with Crippen LogP contribution in [0.1, 0.15) is 31.1 Å². The lowest BCUT2D eigenvalue weighted by atomic mass is 9.87. The molecule has 2 atom stereocenters. The third-order valence-corrected chi connectivity index (χ3v) is 4.70. The molecule has 1 aromatic heterocycles. The molecule has 2 heterocycles. The molecular weight excluding hydrogens is 332 g/mol. The zero-order valence-electron chi connectivity index (χ0n) is 14.6. The number of ether oxygens (including phenoxy) is 2. The van der Waals surface area contributed by atoms with Crippen LogP contribution in [-0.2, 0) is 11.3 Å². The van der Waals surface area contributed by atoms with E-state index in [1.54, 1.807) is 12.1 Å². The Morgan fingerprint density at radius 1 is 1.08 bits per heavy atom. The highest BCUT2D eigenvalue weighted by molar-refractivity contribution is 5.83. The Hall–Kier alpha value is -2.63. The molecule has 5 heteroatoms. The van der Waals surface area contributed by atoms with Crippen molar-refractivity contribution < 1.29 is 19.0 Å². The van der Waals surface area contributed by atoms with Gasteiger partial charge in [0.2, 0.25) is 0 Å². The lowest BCUT2D eigenvalue weighted by molar-refractivity contribution is -0.149. The number of aliphatic hydroxyl groups is 1. The largest absolute Gasteiger partial charge is 0.484 e. The predicted molar refractivity (Wildman–Crippen MR) is 97.2 cm³/mol. The molecule has 26 heavy (non-hydrogen) atoms. The first kappa shape index (κ1) is 16.8. The van der Waals surface area contributed by atoms with Gasteiger partial charge in [-0.1, -0.05) is 30.3 Å². The summed E-state index contributed by atoms with van der Waals surface area (Å²) in [5.41, 5.74) is 0.587.